The van der Waals surface area contributed by atoms with E-state index < -0.39 is 22.5 Å². The van der Waals surface area contributed by atoms with Crippen LogP contribution in [0.1, 0.15) is 11.1 Å². The summed E-state index contributed by atoms with van der Waals surface area (Å²) < 4.78 is 39.1. The lowest BCUT2D eigenvalue weighted by Gasteiger charge is -2.24. The Kier molecular flexibility index (Phi) is 8.30. The molecule has 0 spiro atoms. The van der Waals surface area contributed by atoms with Gasteiger partial charge in [-0.3, -0.25) is 9.10 Å². The zero-order valence-electron chi connectivity index (χ0n) is 18.9. The van der Waals surface area contributed by atoms with Crippen molar-refractivity contribution in [1.82, 2.24) is 5.43 Å². The molecule has 178 valence electrons. The van der Waals surface area contributed by atoms with E-state index in [4.69, 9.17) is 9.47 Å². The Morgan fingerprint density at radius 3 is 2.41 bits per heavy atom. The molecular formula is C24H24BrN3O5S. The van der Waals surface area contributed by atoms with Crippen LogP contribution in [0.15, 0.2) is 81.2 Å². The number of hydrazone groups is 1. The third-order valence-corrected chi connectivity index (χ3v) is 7.10. The molecule has 0 heterocycles. The first-order valence-corrected chi connectivity index (χ1v) is 12.4. The van der Waals surface area contributed by atoms with Gasteiger partial charge in [0.1, 0.15) is 6.54 Å². The summed E-state index contributed by atoms with van der Waals surface area (Å²) in [5.41, 5.74) is 4.23. The lowest BCUT2D eigenvalue weighted by atomic mass is 10.2. The quantitative estimate of drug-likeness (QED) is 0.322. The molecule has 0 aliphatic rings. The first-order chi connectivity index (χ1) is 16.3. The highest BCUT2D eigenvalue weighted by Crippen LogP contribution is 2.29. The number of benzene rings is 3. The number of ether oxygens (including phenoxy) is 2. The Morgan fingerprint density at radius 1 is 1.06 bits per heavy atom. The normalized spacial score (nSPS) is 11.3. The average molecular weight is 546 g/mol. The third-order valence-electron chi connectivity index (χ3n) is 4.82. The smallest absolute Gasteiger partial charge is 0.264 e. The minimum atomic E-state index is -4.02. The number of carbonyl (C=O) groups excluding carboxylic acids is 1. The van der Waals surface area contributed by atoms with Crippen LogP contribution in [0.3, 0.4) is 0 Å². The molecule has 3 rings (SSSR count). The van der Waals surface area contributed by atoms with Gasteiger partial charge in [0.2, 0.25) is 0 Å². The SMILES string of the molecule is COc1cccc(/C=N\NC(=O)CN(c2cccc(Br)c2)S(=O)(=O)c2ccc(C)cc2)c1OC. The molecule has 1 N–H and O–H groups in total. The number of nitrogens with zero attached hydrogens (tertiary/aromatic N) is 2. The lowest BCUT2D eigenvalue weighted by molar-refractivity contribution is -0.119. The fraction of sp³-hybridized carbons (Fsp3) is 0.167. The summed E-state index contributed by atoms with van der Waals surface area (Å²) in [6.45, 7) is 1.39. The van der Waals surface area contributed by atoms with Crippen molar-refractivity contribution in [3.63, 3.8) is 0 Å². The molecule has 0 aliphatic carbocycles. The number of carbonyl (C=O) groups is 1. The molecular weight excluding hydrogens is 522 g/mol. The molecule has 0 saturated heterocycles. The predicted molar refractivity (Wildman–Crippen MR) is 135 cm³/mol. The number of nitrogens with one attached hydrogen (secondary N) is 1. The van der Waals surface area contributed by atoms with Crippen molar-refractivity contribution in [3.8, 4) is 11.5 Å². The fourth-order valence-electron chi connectivity index (χ4n) is 3.14. The number of para-hydroxylation sites is 1. The molecule has 0 fully saturated rings. The second-order valence-corrected chi connectivity index (χ2v) is 9.96. The highest BCUT2D eigenvalue weighted by atomic mass is 79.9. The zero-order valence-corrected chi connectivity index (χ0v) is 21.3. The summed E-state index contributed by atoms with van der Waals surface area (Å²) in [4.78, 5) is 12.8. The van der Waals surface area contributed by atoms with E-state index in [-0.39, 0.29) is 4.90 Å². The summed E-state index contributed by atoms with van der Waals surface area (Å²) in [5, 5.41) is 3.97. The number of anilines is 1. The third kappa shape index (κ3) is 5.95. The number of amides is 1. The van der Waals surface area contributed by atoms with E-state index in [9.17, 15) is 13.2 Å². The minimum absolute atomic E-state index is 0.0792. The fourth-order valence-corrected chi connectivity index (χ4v) is 4.94. The molecule has 3 aromatic rings. The van der Waals surface area contributed by atoms with E-state index in [0.29, 0.717) is 27.2 Å². The maximum absolute atomic E-state index is 13.4. The monoisotopic (exact) mass is 545 g/mol. The van der Waals surface area contributed by atoms with Gasteiger partial charge in [0.25, 0.3) is 15.9 Å². The van der Waals surface area contributed by atoms with Crippen molar-refractivity contribution in [2.75, 3.05) is 25.1 Å². The first kappa shape index (κ1) is 25.3. The van der Waals surface area contributed by atoms with Crippen molar-refractivity contribution in [3.05, 3.63) is 82.3 Å². The van der Waals surface area contributed by atoms with Crippen LogP contribution in [0, 0.1) is 6.92 Å². The van der Waals surface area contributed by atoms with Gasteiger partial charge in [-0.1, -0.05) is 45.8 Å². The molecule has 10 heteroatoms. The second-order valence-electron chi connectivity index (χ2n) is 7.18. The van der Waals surface area contributed by atoms with Gasteiger partial charge in [-0.05, 0) is 49.4 Å². The highest BCUT2D eigenvalue weighted by molar-refractivity contribution is 9.10. The molecule has 3 aromatic carbocycles. The number of halogens is 1. The number of rotatable bonds is 9. The Balaban J connectivity index is 1.85. The van der Waals surface area contributed by atoms with Gasteiger partial charge < -0.3 is 9.47 Å². The van der Waals surface area contributed by atoms with Crippen LogP contribution in [-0.2, 0) is 14.8 Å². The van der Waals surface area contributed by atoms with E-state index in [1.54, 1.807) is 54.6 Å². The summed E-state index contributed by atoms with van der Waals surface area (Å²) in [6, 6.07) is 18.4. The number of hydrogen-bond acceptors (Lipinski definition) is 6. The van der Waals surface area contributed by atoms with Crippen LogP contribution in [0.2, 0.25) is 0 Å². The maximum Gasteiger partial charge on any atom is 0.264 e. The zero-order chi connectivity index (χ0) is 24.7. The van der Waals surface area contributed by atoms with Crippen LogP contribution in [-0.4, -0.2) is 41.3 Å². The van der Waals surface area contributed by atoms with Gasteiger partial charge in [0.05, 0.1) is 31.0 Å². The summed E-state index contributed by atoms with van der Waals surface area (Å²) in [7, 11) is -0.997. The highest BCUT2D eigenvalue weighted by Gasteiger charge is 2.27. The van der Waals surface area contributed by atoms with Gasteiger partial charge in [-0.2, -0.15) is 5.10 Å². The molecule has 0 aliphatic heterocycles. The van der Waals surface area contributed by atoms with Gasteiger partial charge in [0, 0.05) is 10.0 Å². The number of aryl methyl sites for hydroxylation is 1. The van der Waals surface area contributed by atoms with Gasteiger partial charge in [-0.15, -0.1) is 0 Å². The van der Waals surface area contributed by atoms with Gasteiger partial charge in [0.15, 0.2) is 11.5 Å². The summed E-state index contributed by atoms with van der Waals surface area (Å²) >= 11 is 3.35. The molecule has 0 unspecified atom stereocenters. The molecule has 8 nitrogen and oxygen atoms in total. The average Bonchev–Trinajstić information content (AvgIpc) is 2.82. The Hall–Kier alpha value is -3.37. The Bertz CT molecular complexity index is 1290. The van der Waals surface area contributed by atoms with Crippen molar-refractivity contribution in [2.45, 2.75) is 11.8 Å². The van der Waals surface area contributed by atoms with Crippen LogP contribution in [0.5, 0.6) is 11.5 Å². The van der Waals surface area contributed by atoms with Crippen molar-refractivity contribution in [2.24, 2.45) is 5.10 Å². The van der Waals surface area contributed by atoms with Gasteiger partial charge in [-0.25, -0.2) is 13.8 Å². The van der Waals surface area contributed by atoms with Crippen molar-refractivity contribution in [1.29, 1.82) is 0 Å². The molecule has 0 bridgehead atoms. The largest absolute Gasteiger partial charge is 0.493 e. The molecule has 34 heavy (non-hydrogen) atoms. The van der Waals surface area contributed by atoms with Crippen LogP contribution >= 0.6 is 15.9 Å². The molecule has 0 aromatic heterocycles. The van der Waals surface area contributed by atoms with E-state index in [1.165, 1.54) is 32.6 Å². The van der Waals surface area contributed by atoms with Gasteiger partial charge >= 0.3 is 0 Å². The summed E-state index contributed by atoms with van der Waals surface area (Å²) in [6.07, 6.45) is 1.40. The summed E-state index contributed by atoms with van der Waals surface area (Å²) in [5.74, 6) is 0.359. The maximum atomic E-state index is 13.4. The first-order valence-electron chi connectivity index (χ1n) is 10.1. The molecule has 0 radical (unpaired) electrons. The van der Waals surface area contributed by atoms with Crippen molar-refractivity contribution < 1.29 is 22.7 Å². The van der Waals surface area contributed by atoms with Crippen molar-refractivity contribution >= 4 is 43.8 Å². The predicted octanol–water partition coefficient (Wildman–Crippen LogP) is 4.12. The topological polar surface area (TPSA) is 97.3 Å². The number of hydrogen-bond donors (Lipinski definition) is 1. The molecule has 1 amide bonds. The number of sulfonamides is 1. The number of methoxy groups -OCH3 is 2. The Morgan fingerprint density at radius 2 is 1.76 bits per heavy atom. The second kappa shape index (κ2) is 11.2. The Labute approximate surface area is 207 Å². The van der Waals surface area contributed by atoms with Crippen LogP contribution in [0.4, 0.5) is 5.69 Å². The van der Waals surface area contributed by atoms with E-state index >= 15 is 0 Å². The standard InChI is InChI=1S/C24H24BrN3O5S/c1-17-10-12-21(13-11-17)34(30,31)28(20-8-5-7-19(25)14-20)16-23(29)27-26-15-18-6-4-9-22(32-2)24(18)33-3/h4-15H,16H2,1-3H3,(H,27,29)/b26-15-. The van der Waals surface area contributed by atoms with Crippen LogP contribution < -0.4 is 19.2 Å². The lowest BCUT2D eigenvalue weighted by Crippen LogP contribution is -2.39. The van der Waals surface area contributed by atoms with Crippen LogP contribution in [0.25, 0.3) is 0 Å². The molecule has 0 atom stereocenters. The van der Waals surface area contributed by atoms with E-state index in [1.807, 2.05) is 6.92 Å². The van der Waals surface area contributed by atoms with E-state index in [0.717, 1.165) is 9.87 Å². The minimum Gasteiger partial charge on any atom is -0.493 e. The van der Waals surface area contributed by atoms with E-state index in [2.05, 4.69) is 26.5 Å². The molecule has 0 saturated carbocycles.